The second-order valence-corrected chi connectivity index (χ2v) is 9.67. The van der Waals surface area contributed by atoms with Gasteiger partial charge in [0, 0.05) is 18.1 Å². The predicted molar refractivity (Wildman–Crippen MR) is 135 cm³/mol. The van der Waals surface area contributed by atoms with Gasteiger partial charge in [-0.2, -0.15) is 4.57 Å². The average Bonchev–Trinajstić information content (AvgIpc) is 3.28. The molecule has 5 rings (SSSR count). The summed E-state index contributed by atoms with van der Waals surface area (Å²) >= 11 is 0. The molecule has 0 N–H and O–H groups in total. The fraction of sp³-hybridized carbons (Fsp3) is 0.310. The van der Waals surface area contributed by atoms with E-state index in [9.17, 15) is 0 Å². The summed E-state index contributed by atoms with van der Waals surface area (Å²) in [6, 6.07) is 19.7. The fourth-order valence-electron chi connectivity index (χ4n) is 5.05. The summed E-state index contributed by atoms with van der Waals surface area (Å²) in [7, 11) is 2.16. The Bertz CT molecular complexity index is 1470. The lowest BCUT2D eigenvalue weighted by atomic mass is 9.92. The van der Waals surface area contributed by atoms with Crippen LogP contribution in [0.2, 0.25) is 0 Å². The zero-order valence-electron chi connectivity index (χ0n) is 20.6. The van der Waals surface area contributed by atoms with Crippen LogP contribution in [0.3, 0.4) is 0 Å². The minimum absolute atomic E-state index is 0.401. The van der Waals surface area contributed by atoms with Crippen LogP contribution in [-0.2, 0) is 7.05 Å². The van der Waals surface area contributed by atoms with Crippen molar-refractivity contribution in [3.05, 3.63) is 77.2 Å². The summed E-state index contributed by atoms with van der Waals surface area (Å²) in [4.78, 5) is 4.55. The summed E-state index contributed by atoms with van der Waals surface area (Å²) < 4.78 is 10.7. The Kier molecular flexibility index (Phi) is 5.12. The number of aromatic nitrogens is 3. The zero-order chi connectivity index (χ0) is 23.4. The van der Waals surface area contributed by atoms with Gasteiger partial charge in [0.25, 0.3) is 5.82 Å². The molecular formula is C29H32N3O+. The average molecular weight is 439 g/mol. The standard InChI is InChI=1S/C29H32N3O/c1-17(2)21-11-10-12-22(18(3)4)28(21)32-26-14-9-8-13-25(26)31(7)29(32)23-16-27-24(15-19(23)5)30-20(6)33-27/h8-18H,1-7H3/q+1. The van der Waals surface area contributed by atoms with Crippen molar-refractivity contribution in [2.75, 3.05) is 0 Å². The Balaban J connectivity index is 1.96. The highest BCUT2D eigenvalue weighted by atomic mass is 16.3. The van der Waals surface area contributed by atoms with Crippen LogP contribution in [0.4, 0.5) is 0 Å². The first-order valence-electron chi connectivity index (χ1n) is 11.8. The molecule has 5 aromatic rings. The normalized spacial score (nSPS) is 12.0. The molecule has 0 aliphatic carbocycles. The molecule has 0 saturated carbocycles. The maximum absolute atomic E-state index is 5.94. The second kappa shape index (κ2) is 7.87. The number of benzene rings is 3. The van der Waals surface area contributed by atoms with E-state index in [2.05, 4.69) is 110 Å². The minimum atomic E-state index is 0.401. The van der Waals surface area contributed by atoms with Crippen LogP contribution in [-0.4, -0.2) is 9.55 Å². The zero-order valence-corrected chi connectivity index (χ0v) is 20.6. The number of imidazole rings is 1. The Morgan fingerprint density at radius 3 is 2.21 bits per heavy atom. The molecule has 4 heteroatoms. The third kappa shape index (κ3) is 3.36. The number of nitrogens with zero attached hydrogens (tertiary/aromatic N) is 3. The summed E-state index contributed by atoms with van der Waals surface area (Å²) in [6.45, 7) is 13.2. The third-order valence-corrected chi connectivity index (χ3v) is 6.66. The van der Waals surface area contributed by atoms with Crippen molar-refractivity contribution in [1.29, 1.82) is 0 Å². The molecule has 0 atom stereocenters. The van der Waals surface area contributed by atoms with E-state index in [1.54, 1.807) is 0 Å². The Hall–Kier alpha value is -3.40. The highest BCUT2D eigenvalue weighted by Crippen LogP contribution is 2.37. The van der Waals surface area contributed by atoms with Gasteiger partial charge in [0.2, 0.25) is 0 Å². The number of rotatable bonds is 4. The number of hydrogen-bond donors (Lipinski definition) is 0. The van der Waals surface area contributed by atoms with Gasteiger partial charge >= 0.3 is 0 Å². The largest absolute Gasteiger partial charge is 0.441 e. The van der Waals surface area contributed by atoms with Crippen molar-refractivity contribution in [2.24, 2.45) is 7.05 Å². The Morgan fingerprint density at radius 1 is 0.879 bits per heavy atom. The van der Waals surface area contributed by atoms with Gasteiger partial charge < -0.3 is 4.42 Å². The Labute approximate surface area is 195 Å². The van der Waals surface area contributed by atoms with Crippen LogP contribution in [0.1, 0.15) is 62.1 Å². The molecular weight excluding hydrogens is 406 g/mol. The molecule has 0 fully saturated rings. The van der Waals surface area contributed by atoms with Crippen molar-refractivity contribution < 1.29 is 8.98 Å². The maximum atomic E-state index is 5.94. The summed E-state index contributed by atoms with van der Waals surface area (Å²) in [5, 5.41) is 0. The van der Waals surface area contributed by atoms with Crippen LogP contribution in [0.5, 0.6) is 0 Å². The van der Waals surface area contributed by atoms with E-state index in [0.29, 0.717) is 17.7 Å². The molecule has 0 aliphatic heterocycles. The van der Waals surface area contributed by atoms with Crippen LogP contribution in [0, 0.1) is 13.8 Å². The lowest BCUT2D eigenvalue weighted by molar-refractivity contribution is -0.633. The number of para-hydroxylation sites is 3. The van der Waals surface area contributed by atoms with Crippen LogP contribution >= 0.6 is 0 Å². The van der Waals surface area contributed by atoms with Gasteiger partial charge in [-0.1, -0.05) is 58.0 Å². The van der Waals surface area contributed by atoms with Gasteiger partial charge in [0.1, 0.15) is 11.2 Å². The van der Waals surface area contributed by atoms with Crippen LogP contribution in [0.25, 0.3) is 39.2 Å². The molecule has 0 radical (unpaired) electrons. The van der Waals surface area contributed by atoms with Crippen molar-refractivity contribution in [1.82, 2.24) is 9.55 Å². The molecule has 3 aromatic carbocycles. The second-order valence-electron chi connectivity index (χ2n) is 9.67. The van der Waals surface area contributed by atoms with Crippen molar-refractivity contribution >= 4 is 22.1 Å². The molecule has 0 unspecified atom stereocenters. The molecule has 168 valence electrons. The van der Waals surface area contributed by atoms with Crippen LogP contribution in [0.15, 0.2) is 59.0 Å². The smallest absolute Gasteiger partial charge is 0.295 e. The topological polar surface area (TPSA) is 34.8 Å². The van der Waals surface area contributed by atoms with Gasteiger partial charge in [-0.05, 0) is 48.6 Å². The summed E-state index contributed by atoms with van der Waals surface area (Å²) in [5.74, 6) is 2.65. The van der Waals surface area contributed by atoms with Gasteiger partial charge in [0.05, 0.1) is 12.6 Å². The fourth-order valence-corrected chi connectivity index (χ4v) is 5.05. The highest BCUT2D eigenvalue weighted by molar-refractivity contribution is 5.85. The molecule has 0 aliphatic rings. The summed E-state index contributed by atoms with van der Waals surface area (Å²) in [5.41, 5.74) is 10.5. The maximum Gasteiger partial charge on any atom is 0.295 e. The van der Waals surface area contributed by atoms with E-state index in [-0.39, 0.29) is 0 Å². The molecule has 4 nitrogen and oxygen atoms in total. The van der Waals surface area contributed by atoms with E-state index < -0.39 is 0 Å². The number of aryl methyl sites for hydroxylation is 3. The molecule has 0 amide bonds. The number of fused-ring (bicyclic) bond motifs is 2. The van der Waals surface area contributed by atoms with E-state index in [1.807, 2.05) is 6.92 Å². The van der Waals surface area contributed by atoms with Gasteiger partial charge in [-0.25, -0.2) is 9.55 Å². The first-order chi connectivity index (χ1) is 15.8. The lowest BCUT2D eigenvalue weighted by Crippen LogP contribution is -2.30. The van der Waals surface area contributed by atoms with Gasteiger partial charge in [-0.15, -0.1) is 0 Å². The molecule has 33 heavy (non-hydrogen) atoms. The summed E-state index contributed by atoms with van der Waals surface area (Å²) in [6.07, 6.45) is 0. The quantitative estimate of drug-likeness (QED) is 0.280. The molecule has 0 bridgehead atoms. The first kappa shape index (κ1) is 21.4. The van der Waals surface area contributed by atoms with Crippen molar-refractivity contribution in [3.63, 3.8) is 0 Å². The monoisotopic (exact) mass is 438 g/mol. The SMILES string of the molecule is Cc1nc2cc(C)c(-c3n(-c4c(C(C)C)cccc4C(C)C)c4ccccc4[n+]3C)cc2o1. The highest BCUT2D eigenvalue weighted by Gasteiger charge is 2.31. The predicted octanol–water partition coefficient (Wildman–Crippen LogP) is 7.13. The van der Waals surface area contributed by atoms with Crippen molar-refractivity contribution in [3.8, 4) is 17.1 Å². The Morgan fingerprint density at radius 2 is 1.55 bits per heavy atom. The van der Waals surface area contributed by atoms with E-state index in [1.165, 1.54) is 33.4 Å². The van der Waals surface area contributed by atoms with Gasteiger partial charge in [0.15, 0.2) is 22.5 Å². The number of oxazole rings is 1. The van der Waals surface area contributed by atoms with Gasteiger partial charge in [-0.3, -0.25) is 0 Å². The van der Waals surface area contributed by atoms with Crippen molar-refractivity contribution in [2.45, 2.75) is 53.4 Å². The first-order valence-corrected chi connectivity index (χ1v) is 11.8. The molecule has 0 saturated heterocycles. The lowest BCUT2D eigenvalue weighted by Gasteiger charge is -2.18. The molecule has 0 spiro atoms. The van der Waals surface area contributed by atoms with E-state index in [4.69, 9.17) is 4.42 Å². The van der Waals surface area contributed by atoms with Crippen LogP contribution < -0.4 is 4.57 Å². The third-order valence-electron chi connectivity index (χ3n) is 6.66. The minimum Gasteiger partial charge on any atom is -0.441 e. The molecule has 2 aromatic heterocycles. The number of hydrogen-bond acceptors (Lipinski definition) is 2. The van der Waals surface area contributed by atoms with E-state index >= 15 is 0 Å². The van der Waals surface area contributed by atoms with E-state index in [0.717, 1.165) is 22.5 Å². The molecule has 2 heterocycles.